The van der Waals surface area contributed by atoms with E-state index in [0.717, 1.165) is 0 Å². The van der Waals surface area contributed by atoms with Crippen LogP contribution in [0.3, 0.4) is 0 Å². The van der Waals surface area contributed by atoms with Gasteiger partial charge in [-0.2, -0.15) is 0 Å². The lowest BCUT2D eigenvalue weighted by Crippen LogP contribution is -2.36. The number of nitrogens with two attached hydrogens (primary N) is 1. The van der Waals surface area contributed by atoms with E-state index >= 15 is 0 Å². The fourth-order valence-corrected chi connectivity index (χ4v) is 1.52. The van der Waals surface area contributed by atoms with Crippen molar-refractivity contribution in [2.24, 2.45) is 0 Å². The summed E-state index contributed by atoms with van der Waals surface area (Å²) in [4.78, 5) is 22.0. The second-order valence-electron chi connectivity index (χ2n) is 3.30. The highest BCUT2D eigenvalue weighted by Crippen LogP contribution is 2.19. The molecule has 17 heavy (non-hydrogen) atoms. The average Bonchev–Trinajstić information content (AvgIpc) is 2.28. The molecule has 7 heteroatoms. The zero-order chi connectivity index (χ0) is 13.0. The number of hydrogen-bond donors (Lipinski definition) is 4. The molecule has 1 rings (SSSR count). The summed E-state index contributed by atoms with van der Waals surface area (Å²) in [5.41, 5.74) is 6.22. The first-order valence-corrected chi connectivity index (χ1v) is 5.45. The van der Waals surface area contributed by atoms with E-state index in [9.17, 15) is 9.59 Å². The van der Waals surface area contributed by atoms with Crippen molar-refractivity contribution in [2.45, 2.75) is 6.10 Å². The molecule has 6 nitrogen and oxygen atoms in total. The lowest BCUT2D eigenvalue weighted by atomic mass is 10.2. The molecule has 0 aliphatic rings. The van der Waals surface area contributed by atoms with Crippen LogP contribution in [0.15, 0.2) is 22.7 Å². The van der Waals surface area contributed by atoms with Crippen molar-refractivity contribution in [1.29, 1.82) is 0 Å². The fourth-order valence-electron chi connectivity index (χ4n) is 1.09. The Kier molecular flexibility index (Phi) is 4.47. The minimum absolute atomic E-state index is 0.280. The summed E-state index contributed by atoms with van der Waals surface area (Å²) in [5.74, 6) is -1.90. The molecule has 0 heterocycles. The van der Waals surface area contributed by atoms with Gasteiger partial charge in [-0.25, -0.2) is 4.79 Å². The van der Waals surface area contributed by atoms with Crippen LogP contribution in [-0.2, 0) is 4.79 Å². The molecular weight excluding hydrogens is 292 g/mol. The fraction of sp³-hybridized carbons (Fsp3) is 0.200. The van der Waals surface area contributed by atoms with E-state index in [0.29, 0.717) is 10.2 Å². The van der Waals surface area contributed by atoms with Crippen molar-refractivity contribution in [1.82, 2.24) is 5.32 Å². The second kappa shape index (κ2) is 5.65. The van der Waals surface area contributed by atoms with Gasteiger partial charge in [-0.1, -0.05) is 0 Å². The summed E-state index contributed by atoms with van der Waals surface area (Å²) in [6.07, 6.45) is -1.63. The number of carboxylic acid groups (broad SMARTS) is 1. The molecule has 1 amide bonds. The van der Waals surface area contributed by atoms with Crippen molar-refractivity contribution in [3.8, 4) is 0 Å². The van der Waals surface area contributed by atoms with Gasteiger partial charge in [0.05, 0.1) is 12.1 Å². The van der Waals surface area contributed by atoms with Gasteiger partial charge in [0.2, 0.25) is 0 Å². The molecule has 0 saturated heterocycles. The highest BCUT2D eigenvalue weighted by molar-refractivity contribution is 9.10. The van der Waals surface area contributed by atoms with Gasteiger partial charge in [0, 0.05) is 10.2 Å². The maximum Gasteiger partial charge on any atom is 0.334 e. The Morgan fingerprint density at radius 3 is 2.71 bits per heavy atom. The van der Waals surface area contributed by atoms with E-state index in [-0.39, 0.29) is 12.1 Å². The van der Waals surface area contributed by atoms with Crippen LogP contribution in [-0.4, -0.2) is 34.7 Å². The molecule has 0 aromatic heterocycles. The molecule has 0 fully saturated rings. The number of aliphatic hydroxyl groups is 1. The van der Waals surface area contributed by atoms with Crippen LogP contribution in [0, 0.1) is 0 Å². The Morgan fingerprint density at radius 2 is 2.12 bits per heavy atom. The molecule has 0 aliphatic carbocycles. The lowest BCUT2D eigenvalue weighted by molar-refractivity contribution is -0.146. The molecule has 1 atom stereocenters. The molecule has 0 unspecified atom stereocenters. The van der Waals surface area contributed by atoms with E-state index in [1.54, 1.807) is 12.1 Å². The number of nitrogen functional groups attached to an aromatic ring is 1. The average molecular weight is 303 g/mol. The minimum atomic E-state index is -1.63. The molecular formula is C10H11BrN2O4. The number of amides is 1. The standard InChI is InChI=1S/C10H11BrN2O4/c11-7-2-1-5(12)3-6(7)9(15)13-4-8(14)10(16)17/h1-3,8,14H,4,12H2,(H,13,15)(H,16,17)/t8-/m0/s1. The number of carboxylic acids is 1. The monoisotopic (exact) mass is 302 g/mol. The van der Waals surface area contributed by atoms with E-state index < -0.39 is 18.0 Å². The molecule has 0 saturated carbocycles. The first-order chi connectivity index (χ1) is 7.91. The van der Waals surface area contributed by atoms with Crippen LogP contribution >= 0.6 is 15.9 Å². The Bertz CT molecular complexity index is 450. The number of halogens is 1. The summed E-state index contributed by atoms with van der Waals surface area (Å²) in [5, 5.41) is 19.7. The van der Waals surface area contributed by atoms with E-state index in [4.69, 9.17) is 15.9 Å². The molecule has 5 N–H and O–H groups in total. The molecule has 0 aliphatic heterocycles. The third-order valence-corrected chi connectivity index (χ3v) is 2.67. The van der Waals surface area contributed by atoms with E-state index in [2.05, 4.69) is 21.2 Å². The Hall–Kier alpha value is -1.60. The van der Waals surface area contributed by atoms with Gasteiger partial charge < -0.3 is 21.3 Å². The zero-order valence-electron chi connectivity index (χ0n) is 8.68. The molecule has 0 radical (unpaired) electrons. The first-order valence-electron chi connectivity index (χ1n) is 4.66. The Balaban J connectivity index is 2.70. The number of aliphatic carboxylic acids is 1. The van der Waals surface area contributed by atoms with Crippen molar-refractivity contribution in [3.05, 3.63) is 28.2 Å². The van der Waals surface area contributed by atoms with Crippen LogP contribution in [0.25, 0.3) is 0 Å². The number of anilines is 1. The topological polar surface area (TPSA) is 113 Å². The highest BCUT2D eigenvalue weighted by Gasteiger charge is 2.16. The number of rotatable bonds is 4. The lowest BCUT2D eigenvalue weighted by Gasteiger charge is -2.09. The number of hydrogen-bond acceptors (Lipinski definition) is 4. The van der Waals surface area contributed by atoms with Gasteiger partial charge in [0.25, 0.3) is 5.91 Å². The van der Waals surface area contributed by atoms with E-state index in [1.165, 1.54) is 6.07 Å². The molecule has 92 valence electrons. The van der Waals surface area contributed by atoms with Crippen molar-refractivity contribution in [2.75, 3.05) is 12.3 Å². The Morgan fingerprint density at radius 1 is 1.47 bits per heavy atom. The third-order valence-electron chi connectivity index (χ3n) is 1.98. The highest BCUT2D eigenvalue weighted by atomic mass is 79.9. The summed E-state index contributed by atoms with van der Waals surface area (Å²) >= 11 is 3.17. The number of benzene rings is 1. The summed E-state index contributed by atoms with van der Waals surface area (Å²) in [6, 6.07) is 4.68. The molecule has 1 aromatic rings. The van der Waals surface area contributed by atoms with Crippen LogP contribution in [0.4, 0.5) is 5.69 Å². The van der Waals surface area contributed by atoms with Gasteiger partial charge in [-0.05, 0) is 34.1 Å². The molecule has 0 spiro atoms. The van der Waals surface area contributed by atoms with Gasteiger partial charge in [-0.3, -0.25) is 4.79 Å². The SMILES string of the molecule is Nc1ccc(Br)c(C(=O)NC[C@H](O)C(=O)O)c1. The number of carbonyl (C=O) groups excluding carboxylic acids is 1. The number of carbonyl (C=O) groups is 2. The predicted molar refractivity (Wildman–Crippen MR) is 64.5 cm³/mol. The van der Waals surface area contributed by atoms with Crippen molar-refractivity contribution >= 4 is 33.5 Å². The quantitative estimate of drug-likeness (QED) is 0.594. The number of nitrogens with one attached hydrogen (secondary N) is 1. The number of aliphatic hydroxyl groups excluding tert-OH is 1. The summed E-state index contributed by atoms with van der Waals surface area (Å²) < 4.78 is 0.536. The minimum Gasteiger partial charge on any atom is -0.479 e. The van der Waals surface area contributed by atoms with Crippen LogP contribution in [0.1, 0.15) is 10.4 Å². The van der Waals surface area contributed by atoms with Gasteiger partial charge in [0.1, 0.15) is 0 Å². The normalized spacial score (nSPS) is 11.9. The maximum atomic E-state index is 11.6. The van der Waals surface area contributed by atoms with Gasteiger partial charge in [0.15, 0.2) is 6.10 Å². The van der Waals surface area contributed by atoms with Crippen molar-refractivity contribution < 1.29 is 19.8 Å². The summed E-state index contributed by atoms with van der Waals surface area (Å²) in [6.45, 7) is -0.366. The Labute approximate surface area is 106 Å². The second-order valence-corrected chi connectivity index (χ2v) is 4.16. The molecule has 0 bridgehead atoms. The largest absolute Gasteiger partial charge is 0.479 e. The van der Waals surface area contributed by atoms with Crippen molar-refractivity contribution in [3.63, 3.8) is 0 Å². The predicted octanol–water partition coefficient (Wildman–Crippen LogP) is 0.207. The summed E-state index contributed by atoms with van der Waals surface area (Å²) in [7, 11) is 0. The van der Waals surface area contributed by atoms with Gasteiger partial charge >= 0.3 is 5.97 Å². The molecule has 1 aromatic carbocycles. The van der Waals surface area contributed by atoms with Gasteiger partial charge in [-0.15, -0.1) is 0 Å². The van der Waals surface area contributed by atoms with Crippen LogP contribution in [0.2, 0.25) is 0 Å². The first kappa shape index (κ1) is 13.5. The van der Waals surface area contributed by atoms with Crippen LogP contribution in [0.5, 0.6) is 0 Å². The van der Waals surface area contributed by atoms with Crippen LogP contribution < -0.4 is 11.1 Å². The maximum absolute atomic E-state index is 11.6. The van der Waals surface area contributed by atoms with E-state index in [1.807, 2.05) is 0 Å². The zero-order valence-corrected chi connectivity index (χ0v) is 10.3. The third kappa shape index (κ3) is 3.72. The smallest absolute Gasteiger partial charge is 0.334 e.